The first-order chi connectivity index (χ1) is 11.7. The van der Waals surface area contributed by atoms with E-state index in [2.05, 4.69) is 22.5 Å². The van der Waals surface area contributed by atoms with Gasteiger partial charge in [-0.05, 0) is 61.1 Å². The van der Waals surface area contributed by atoms with Gasteiger partial charge in [0.15, 0.2) is 0 Å². The lowest BCUT2D eigenvalue weighted by molar-refractivity contribution is -0.0656. The summed E-state index contributed by atoms with van der Waals surface area (Å²) in [6.07, 6.45) is 5.73. The zero-order valence-corrected chi connectivity index (χ0v) is 13.9. The zero-order valence-electron chi connectivity index (χ0n) is 13.9. The lowest BCUT2D eigenvalue weighted by Crippen LogP contribution is -2.59. The quantitative estimate of drug-likeness (QED) is 0.879. The summed E-state index contributed by atoms with van der Waals surface area (Å²) >= 11 is 0. The van der Waals surface area contributed by atoms with Gasteiger partial charge in [0.05, 0.1) is 18.7 Å². The van der Waals surface area contributed by atoms with Crippen molar-refractivity contribution in [2.45, 2.75) is 30.5 Å². The number of piperidine rings is 1. The molecule has 0 bridgehead atoms. The molecule has 1 saturated carbocycles. The van der Waals surface area contributed by atoms with E-state index >= 15 is 0 Å². The SMILES string of the molecule is C=CC1C2CCN3[C@@H]([C@@H](O)c4ccnc5ccc(OC)cc45)CC123. The molecule has 4 nitrogen and oxygen atoms in total. The molecular formula is C20H22N2O2. The molecule has 24 heavy (non-hydrogen) atoms. The van der Waals surface area contributed by atoms with Crippen molar-refractivity contribution in [3.8, 4) is 5.75 Å². The molecule has 1 aromatic carbocycles. The number of rotatable bonds is 4. The summed E-state index contributed by atoms with van der Waals surface area (Å²) in [7, 11) is 1.66. The number of aliphatic hydroxyl groups excluding tert-OH is 1. The van der Waals surface area contributed by atoms with Gasteiger partial charge < -0.3 is 9.84 Å². The van der Waals surface area contributed by atoms with Crippen LogP contribution in [0.25, 0.3) is 10.9 Å². The number of pyridine rings is 1. The Morgan fingerprint density at radius 2 is 2.33 bits per heavy atom. The van der Waals surface area contributed by atoms with Crippen LogP contribution in [0, 0.1) is 11.8 Å². The summed E-state index contributed by atoms with van der Waals surface area (Å²) in [5.41, 5.74) is 2.18. The Kier molecular flexibility index (Phi) is 2.89. The second-order valence-electron chi connectivity index (χ2n) is 7.34. The van der Waals surface area contributed by atoms with Gasteiger partial charge in [0.25, 0.3) is 0 Å². The van der Waals surface area contributed by atoms with Crippen molar-refractivity contribution in [1.82, 2.24) is 9.88 Å². The largest absolute Gasteiger partial charge is 0.497 e. The van der Waals surface area contributed by atoms with Crippen molar-refractivity contribution in [2.75, 3.05) is 13.7 Å². The molecule has 1 spiro atoms. The molecular weight excluding hydrogens is 300 g/mol. The summed E-state index contributed by atoms with van der Waals surface area (Å²) in [4.78, 5) is 6.95. The molecule has 4 heteroatoms. The van der Waals surface area contributed by atoms with Crippen LogP contribution in [0.1, 0.15) is 24.5 Å². The third-order valence-electron chi connectivity index (χ3n) is 6.62. The first-order valence-corrected chi connectivity index (χ1v) is 8.70. The first kappa shape index (κ1) is 14.4. The van der Waals surface area contributed by atoms with Gasteiger partial charge in [0, 0.05) is 23.2 Å². The minimum atomic E-state index is -0.488. The maximum absolute atomic E-state index is 11.1. The van der Waals surface area contributed by atoms with E-state index in [0.717, 1.165) is 41.1 Å². The third kappa shape index (κ3) is 1.63. The Labute approximate surface area is 141 Å². The van der Waals surface area contributed by atoms with E-state index in [-0.39, 0.29) is 6.04 Å². The number of aliphatic hydroxyl groups is 1. The van der Waals surface area contributed by atoms with Crippen LogP contribution in [-0.2, 0) is 0 Å². The number of ether oxygens (including phenoxy) is 1. The number of hydrogen-bond donors (Lipinski definition) is 1. The Morgan fingerprint density at radius 3 is 3.08 bits per heavy atom. The molecule has 3 fully saturated rings. The highest BCUT2D eigenvalue weighted by Gasteiger charge is 2.76. The molecule has 124 valence electrons. The Balaban J connectivity index is 1.49. The number of benzene rings is 1. The molecule has 5 atom stereocenters. The smallest absolute Gasteiger partial charge is 0.119 e. The molecule has 1 aliphatic carbocycles. The summed E-state index contributed by atoms with van der Waals surface area (Å²) < 4.78 is 5.35. The summed E-state index contributed by atoms with van der Waals surface area (Å²) in [6, 6.07) is 7.99. The molecule has 0 radical (unpaired) electrons. The lowest BCUT2D eigenvalue weighted by atomic mass is 9.82. The maximum atomic E-state index is 11.1. The van der Waals surface area contributed by atoms with Gasteiger partial charge in [-0.3, -0.25) is 9.88 Å². The fourth-order valence-electron chi connectivity index (χ4n) is 5.46. The number of methoxy groups -OCH3 is 1. The number of nitrogens with zero attached hydrogens (tertiary/aromatic N) is 2. The van der Waals surface area contributed by atoms with Crippen molar-refractivity contribution in [1.29, 1.82) is 0 Å². The van der Waals surface area contributed by atoms with E-state index in [0.29, 0.717) is 11.5 Å². The summed E-state index contributed by atoms with van der Waals surface area (Å²) in [5.74, 6) is 2.20. The van der Waals surface area contributed by atoms with E-state index in [9.17, 15) is 5.11 Å². The Bertz CT molecular complexity index is 835. The van der Waals surface area contributed by atoms with Crippen LogP contribution in [0.5, 0.6) is 5.75 Å². The topological polar surface area (TPSA) is 45.6 Å². The van der Waals surface area contributed by atoms with Gasteiger partial charge in [0.1, 0.15) is 5.75 Å². The predicted molar refractivity (Wildman–Crippen MR) is 92.9 cm³/mol. The fourth-order valence-corrected chi connectivity index (χ4v) is 5.46. The van der Waals surface area contributed by atoms with Crippen molar-refractivity contribution in [3.05, 3.63) is 48.7 Å². The zero-order chi connectivity index (χ0) is 16.5. The van der Waals surface area contributed by atoms with Gasteiger partial charge in [-0.15, -0.1) is 6.58 Å². The van der Waals surface area contributed by atoms with E-state index in [4.69, 9.17) is 4.74 Å². The monoisotopic (exact) mass is 322 g/mol. The molecule has 3 aliphatic rings. The Morgan fingerprint density at radius 1 is 1.46 bits per heavy atom. The molecule has 1 aromatic heterocycles. The van der Waals surface area contributed by atoms with Gasteiger partial charge in [0.2, 0.25) is 0 Å². The van der Waals surface area contributed by atoms with Crippen LogP contribution in [0.3, 0.4) is 0 Å². The van der Waals surface area contributed by atoms with Crippen LogP contribution in [0.15, 0.2) is 43.1 Å². The van der Waals surface area contributed by atoms with Crippen LogP contribution in [0.2, 0.25) is 0 Å². The highest BCUT2D eigenvalue weighted by Crippen LogP contribution is 2.71. The molecule has 2 saturated heterocycles. The number of aromatic nitrogens is 1. The van der Waals surface area contributed by atoms with Crippen molar-refractivity contribution in [3.63, 3.8) is 0 Å². The third-order valence-corrected chi connectivity index (χ3v) is 6.62. The molecule has 0 amide bonds. The highest BCUT2D eigenvalue weighted by atomic mass is 16.5. The highest BCUT2D eigenvalue weighted by molar-refractivity contribution is 5.84. The summed E-state index contributed by atoms with van der Waals surface area (Å²) in [5, 5.41) is 12.1. The Hall–Kier alpha value is -1.91. The van der Waals surface area contributed by atoms with E-state index < -0.39 is 6.10 Å². The minimum Gasteiger partial charge on any atom is -0.497 e. The second kappa shape index (κ2) is 4.80. The van der Waals surface area contributed by atoms with E-state index in [1.54, 1.807) is 13.3 Å². The standard InChI is InChI=1S/C20H22N2O2/c1-3-15-16-7-9-22-18(11-20(15,16)22)19(23)13-6-8-21-17-5-4-12(24-2)10-14(13)17/h3-6,8,10,15-16,18-19,23H,1,7,9,11H2,2H3/t15?,16?,18-,19+,20?/m1/s1. The first-order valence-electron chi connectivity index (χ1n) is 8.70. The van der Waals surface area contributed by atoms with E-state index in [1.807, 2.05) is 24.3 Å². The van der Waals surface area contributed by atoms with Gasteiger partial charge in [-0.1, -0.05) is 6.08 Å². The van der Waals surface area contributed by atoms with Crippen LogP contribution < -0.4 is 4.74 Å². The van der Waals surface area contributed by atoms with Crippen LogP contribution in [0.4, 0.5) is 0 Å². The van der Waals surface area contributed by atoms with Crippen molar-refractivity contribution >= 4 is 10.9 Å². The predicted octanol–water partition coefficient (Wildman–Crippen LogP) is 2.93. The average Bonchev–Trinajstić information content (AvgIpc) is 3.18. The maximum Gasteiger partial charge on any atom is 0.119 e. The lowest BCUT2D eigenvalue weighted by Gasteiger charge is -2.50. The second-order valence-corrected chi connectivity index (χ2v) is 7.34. The van der Waals surface area contributed by atoms with Crippen LogP contribution >= 0.6 is 0 Å². The molecule has 2 aromatic rings. The summed E-state index contributed by atoms with van der Waals surface area (Å²) in [6.45, 7) is 5.10. The number of hydrogen-bond acceptors (Lipinski definition) is 4. The van der Waals surface area contributed by atoms with Crippen molar-refractivity contribution in [2.24, 2.45) is 11.8 Å². The van der Waals surface area contributed by atoms with Gasteiger partial charge >= 0.3 is 0 Å². The number of fused-ring (bicyclic) bond motifs is 1. The van der Waals surface area contributed by atoms with Gasteiger partial charge in [-0.25, -0.2) is 0 Å². The molecule has 1 N–H and O–H groups in total. The van der Waals surface area contributed by atoms with Crippen molar-refractivity contribution < 1.29 is 9.84 Å². The molecule has 3 unspecified atom stereocenters. The average molecular weight is 322 g/mol. The molecule has 3 heterocycles. The molecule has 2 aliphatic heterocycles. The van der Waals surface area contributed by atoms with Gasteiger partial charge in [-0.2, -0.15) is 0 Å². The van der Waals surface area contributed by atoms with E-state index in [1.165, 1.54) is 6.42 Å². The fraction of sp³-hybridized carbons (Fsp3) is 0.450. The van der Waals surface area contributed by atoms with Crippen LogP contribution in [-0.4, -0.2) is 40.2 Å². The minimum absolute atomic E-state index is 0.205. The molecule has 5 rings (SSSR count). The normalized spacial score (nSPS) is 35.0.